The number of benzene rings is 1. The smallest absolute Gasteiger partial charge is 0.124 e. The molecule has 0 aliphatic rings. The van der Waals surface area contributed by atoms with Crippen LogP contribution in [0.2, 0.25) is 0 Å². The molecule has 1 aromatic heterocycles. The minimum absolute atomic E-state index is 0.188. The topological polar surface area (TPSA) is 48.1 Å². The van der Waals surface area contributed by atoms with E-state index in [0.29, 0.717) is 6.61 Å². The van der Waals surface area contributed by atoms with Gasteiger partial charge < -0.3 is 10.5 Å². The lowest BCUT2D eigenvalue weighted by atomic mass is 10.0. The van der Waals surface area contributed by atoms with Crippen molar-refractivity contribution in [3.05, 3.63) is 45.9 Å². The van der Waals surface area contributed by atoms with Gasteiger partial charge in [-0.3, -0.25) is 4.98 Å². The first-order valence-corrected chi connectivity index (χ1v) is 7.42. The minimum Gasteiger partial charge on any atom is -0.488 e. The molecule has 0 amide bonds. The Hall–Kier alpha value is -1.39. The monoisotopic (exact) mass is 276 g/mol. The largest absolute Gasteiger partial charge is 0.488 e. The Labute approximate surface area is 118 Å². The highest BCUT2D eigenvalue weighted by Gasteiger charge is 2.09. The maximum atomic E-state index is 6.05. The van der Waals surface area contributed by atoms with Gasteiger partial charge in [0.2, 0.25) is 0 Å². The third kappa shape index (κ3) is 4.04. The Kier molecular flexibility index (Phi) is 4.93. The van der Waals surface area contributed by atoms with Crippen LogP contribution < -0.4 is 10.5 Å². The average Bonchev–Trinajstić information content (AvgIpc) is 2.91. The maximum Gasteiger partial charge on any atom is 0.124 e. The quantitative estimate of drug-likeness (QED) is 0.880. The molecule has 2 aromatic rings. The number of hydrogen-bond acceptors (Lipinski definition) is 4. The van der Waals surface area contributed by atoms with Crippen LogP contribution in [0, 0.1) is 6.92 Å². The van der Waals surface area contributed by atoms with Crippen molar-refractivity contribution in [2.45, 2.75) is 39.3 Å². The molecule has 0 fully saturated rings. The van der Waals surface area contributed by atoms with Crippen LogP contribution in [0.1, 0.15) is 29.3 Å². The Bertz CT molecular complexity index is 511. The number of aromatic nitrogens is 1. The summed E-state index contributed by atoms with van der Waals surface area (Å²) in [5.41, 5.74) is 10.3. The van der Waals surface area contributed by atoms with Crippen molar-refractivity contribution < 1.29 is 4.74 Å². The highest BCUT2D eigenvalue weighted by molar-refractivity contribution is 7.09. The van der Waals surface area contributed by atoms with E-state index in [1.165, 1.54) is 11.1 Å². The van der Waals surface area contributed by atoms with Gasteiger partial charge in [-0.1, -0.05) is 24.6 Å². The lowest BCUT2D eigenvalue weighted by Gasteiger charge is -2.14. The number of aryl methyl sites for hydroxylation is 1. The molecule has 0 spiro atoms. The van der Waals surface area contributed by atoms with E-state index in [9.17, 15) is 0 Å². The second-order valence-corrected chi connectivity index (χ2v) is 5.71. The van der Waals surface area contributed by atoms with Crippen molar-refractivity contribution in [3.8, 4) is 5.75 Å². The number of hydrogen-bond donors (Lipinski definition) is 1. The molecule has 0 aliphatic carbocycles. The number of rotatable bonds is 6. The molecule has 0 bridgehead atoms. The lowest BCUT2D eigenvalue weighted by Crippen LogP contribution is -2.21. The van der Waals surface area contributed by atoms with Crippen molar-refractivity contribution in [1.82, 2.24) is 4.98 Å². The molecule has 1 unspecified atom stereocenters. The normalized spacial score (nSPS) is 12.4. The Balaban J connectivity index is 2.09. The van der Waals surface area contributed by atoms with Gasteiger partial charge in [0.15, 0.2) is 0 Å². The molecule has 0 aliphatic heterocycles. The molecule has 0 saturated carbocycles. The van der Waals surface area contributed by atoms with Crippen LogP contribution in [0.3, 0.4) is 0 Å². The van der Waals surface area contributed by atoms with Gasteiger partial charge >= 0.3 is 0 Å². The summed E-state index contributed by atoms with van der Waals surface area (Å²) in [4.78, 5) is 5.18. The number of nitrogens with two attached hydrogens (primary N) is 1. The molecule has 1 aromatic carbocycles. The van der Waals surface area contributed by atoms with Crippen LogP contribution in [-0.4, -0.2) is 11.0 Å². The third-order valence-corrected chi connectivity index (χ3v) is 3.83. The predicted octanol–water partition coefficient (Wildman–Crippen LogP) is 3.31. The summed E-state index contributed by atoms with van der Waals surface area (Å²) in [6.45, 7) is 4.77. The second-order valence-electron chi connectivity index (χ2n) is 4.74. The van der Waals surface area contributed by atoms with E-state index in [0.717, 1.165) is 23.5 Å². The predicted molar refractivity (Wildman–Crippen MR) is 79.6 cm³/mol. The molecular formula is C15H20N2OS. The molecule has 3 nitrogen and oxygen atoms in total. The molecule has 19 heavy (non-hydrogen) atoms. The summed E-state index contributed by atoms with van der Waals surface area (Å²) >= 11 is 1.61. The van der Waals surface area contributed by atoms with Gasteiger partial charge in [0.05, 0.1) is 10.4 Å². The molecule has 102 valence electrons. The summed E-state index contributed by atoms with van der Waals surface area (Å²) in [5.74, 6) is 0.933. The first-order valence-electron chi connectivity index (χ1n) is 6.54. The molecular weight excluding hydrogens is 256 g/mol. The first-order chi connectivity index (χ1) is 9.19. The van der Waals surface area contributed by atoms with Gasteiger partial charge in [0, 0.05) is 12.2 Å². The molecule has 4 heteroatoms. The molecule has 1 atom stereocenters. The Morgan fingerprint density at radius 1 is 1.42 bits per heavy atom. The van der Waals surface area contributed by atoms with E-state index in [1.807, 2.05) is 17.8 Å². The average molecular weight is 276 g/mol. The number of thiazole rings is 1. The van der Waals surface area contributed by atoms with Crippen molar-refractivity contribution >= 4 is 11.3 Å². The van der Waals surface area contributed by atoms with Crippen LogP contribution in [0.15, 0.2) is 29.9 Å². The molecule has 2 rings (SSSR count). The van der Waals surface area contributed by atoms with Crippen LogP contribution >= 0.6 is 11.3 Å². The second kappa shape index (κ2) is 6.68. The fourth-order valence-electron chi connectivity index (χ4n) is 1.90. The highest BCUT2D eigenvalue weighted by atomic mass is 32.1. The summed E-state index contributed by atoms with van der Waals surface area (Å²) in [6, 6.07) is 6.46. The van der Waals surface area contributed by atoms with Crippen LogP contribution in [0.5, 0.6) is 5.75 Å². The van der Waals surface area contributed by atoms with Gasteiger partial charge in [-0.2, -0.15) is 0 Å². The summed E-state index contributed by atoms with van der Waals surface area (Å²) in [7, 11) is 0. The zero-order chi connectivity index (χ0) is 13.7. The molecule has 0 saturated heterocycles. The van der Waals surface area contributed by atoms with E-state index in [1.54, 1.807) is 11.3 Å². The summed E-state index contributed by atoms with van der Waals surface area (Å²) in [5, 5.41) is 0. The van der Waals surface area contributed by atoms with Gasteiger partial charge in [-0.05, 0) is 31.4 Å². The fraction of sp³-hybridized carbons (Fsp3) is 0.400. The van der Waals surface area contributed by atoms with Gasteiger partial charge in [0.1, 0.15) is 12.4 Å². The van der Waals surface area contributed by atoms with Crippen molar-refractivity contribution in [1.29, 1.82) is 0 Å². The standard InChI is InChI=1S/C15H20N2OS/c1-3-13(16)7-12-6-11(2)4-5-15(12)18-9-14-8-17-10-19-14/h4-6,8,10,13H,3,7,9,16H2,1-2H3. The van der Waals surface area contributed by atoms with Crippen molar-refractivity contribution in [2.75, 3.05) is 0 Å². The maximum absolute atomic E-state index is 6.05. The summed E-state index contributed by atoms with van der Waals surface area (Å²) in [6.07, 6.45) is 3.68. The van der Waals surface area contributed by atoms with Gasteiger partial charge in [-0.15, -0.1) is 11.3 Å². The first kappa shape index (κ1) is 14.0. The summed E-state index contributed by atoms with van der Waals surface area (Å²) < 4.78 is 5.90. The Morgan fingerprint density at radius 2 is 2.26 bits per heavy atom. The zero-order valence-corrected chi connectivity index (χ0v) is 12.2. The number of nitrogens with zero attached hydrogens (tertiary/aromatic N) is 1. The van der Waals surface area contributed by atoms with E-state index < -0.39 is 0 Å². The van der Waals surface area contributed by atoms with Gasteiger partial charge in [0.25, 0.3) is 0 Å². The van der Waals surface area contributed by atoms with E-state index in [4.69, 9.17) is 10.5 Å². The zero-order valence-electron chi connectivity index (χ0n) is 11.4. The highest BCUT2D eigenvalue weighted by Crippen LogP contribution is 2.23. The third-order valence-electron chi connectivity index (χ3n) is 3.08. The van der Waals surface area contributed by atoms with Crippen molar-refractivity contribution in [3.63, 3.8) is 0 Å². The lowest BCUT2D eigenvalue weighted by molar-refractivity contribution is 0.305. The molecule has 1 heterocycles. The van der Waals surface area contributed by atoms with E-state index in [-0.39, 0.29) is 6.04 Å². The number of ether oxygens (including phenoxy) is 1. The van der Waals surface area contributed by atoms with Crippen molar-refractivity contribution in [2.24, 2.45) is 5.73 Å². The SMILES string of the molecule is CCC(N)Cc1cc(C)ccc1OCc1cncs1. The fourth-order valence-corrected chi connectivity index (χ4v) is 2.40. The Morgan fingerprint density at radius 3 is 2.95 bits per heavy atom. The minimum atomic E-state index is 0.188. The van der Waals surface area contributed by atoms with Crippen LogP contribution in [-0.2, 0) is 13.0 Å². The van der Waals surface area contributed by atoms with Crippen LogP contribution in [0.4, 0.5) is 0 Å². The van der Waals surface area contributed by atoms with Gasteiger partial charge in [-0.25, -0.2) is 0 Å². The molecule has 2 N–H and O–H groups in total. The molecule has 0 radical (unpaired) electrons. The van der Waals surface area contributed by atoms with Crippen LogP contribution in [0.25, 0.3) is 0 Å². The van der Waals surface area contributed by atoms with E-state index >= 15 is 0 Å². The van der Waals surface area contributed by atoms with E-state index in [2.05, 4.69) is 31.0 Å².